The Morgan fingerprint density at radius 1 is 1.06 bits per heavy atom. The number of halogens is 1. The Hall–Kier alpha value is -1.98. The van der Waals surface area contributed by atoms with Gasteiger partial charge < -0.3 is 15.3 Å². The monoisotopic (exact) mass is 439 g/mol. The third kappa shape index (κ3) is 6.50. The van der Waals surface area contributed by atoms with Crippen LogP contribution in [0.1, 0.15) is 45.3 Å². The Bertz CT molecular complexity index is 957. The summed E-state index contributed by atoms with van der Waals surface area (Å²) in [6.45, 7) is 10.4. The highest BCUT2D eigenvalue weighted by atomic mass is 35.5. The molecule has 5 heteroatoms. The van der Waals surface area contributed by atoms with Gasteiger partial charge in [0.25, 0.3) is 0 Å². The predicted molar refractivity (Wildman–Crippen MR) is 132 cm³/mol. The first-order valence-corrected chi connectivity index (χ1v) is 11.7. The number of benzene rings is 2. The lowest BCUT2D eigenvalue weighted by Crippen LogP contribution is -2.32. The molecule has 1 aromatic heterocycles. The maximum atomic E-state index is 11.1. The molecule has 1 heterocycles. The fourth-order valence-corrected chi connectivity index (χ4v) is 4.06. The van der Waals surface area contributed by atoms with Gasteiger partial charge in [-0.05, 0) is 69.2 Å². The quantitative estimate of drug-likeness (QED) is 0.403. The minimum atomic E-state index is -0.607. The van der Waals surface area contributed by atoms with Crippen LogP contribution in [-0.4, -0.2) is 47.2 Å². The molecule has 2 N–H and O–H groups in total. The molecule has 0 bridgehead atoms. The fourth-order valence-electron chi connectivity index (χ4n) is 3.93. The van der Waals surface area contributed by atoms with E-state index in [1.807, 2.05) is 54.6 Å². The average molecular weight is 440 g/mol. The molecule has 0 radical (unpaired) electrons. The maximum Gasteiger partial charge on any atom is 0.0921 e. The second-order valence-electron chi connectivity index (χ2n) is 8.11. The van der Waals surface area contributed by atoms with Crippen LogP contribution in [0.25, 0.3) is 22.2 Å². The van der Waals surface area contributed by atoms with Crippen LogP contribution in [0.3, 0.4) is 0 Å². The summed E-state index contributed by atoms with van der Waals surface area (Å²) in [6.07, 6.45) is 1.64. The molecule has 0 aliphatic heterocycles. The lowest BCUT2D eigenvalue weighted by molar-refractivity contribution is 0.170. The van der Waals surface area contributed by atoms with Crippen LogP contribution in [0.15, 0.2) is 54.6 Å². The Kier molecular flexibility index (Phi) is 8.85. The van der Waals surface area contributed by atoms with Crippen LogP contribution >= 0.6 is 11.6 Å². The number of fused-ring (bicyclic) bond motifs is 1. The van der Waals surface area contributed by atoms with E-state index in [2.05, 4.69) is 31.0 Å². The molecular weight excluding hydrogens is 406 g/mol. The number of aromatic nitrogens is 1. The minimum Gasteiger partial charge on any atom is -0.387 e. The molecule has 3 aromatic rings. The van der Waals surface area contributed by atoms with E-state index in [9.17, 15) is 5.11 Å². The molecule has 2 atom stereocenters. The van der Waals surface area contributed by atoms with Crippen molar-refractivity contribution in [1.82, 2.24) is 15.2 Å². The van der Waals surface area contributed by atoms with Crippen molar-refractivity contribution in [2.45, 2.75) is 45.8 Å². The van der Waals surface area contributed by atoms with Crippen molar-refractivity contribution in [2.24, 2.45) is 0 Å². The molecule has 3 rings (SSSR count). The largest absolute Gasteiger partial charge is 0.387 e. The fraction of sp³-hybridized carbons (Fsp3) is 0.423. The number of aliphatic hydroxyl groups excluding tert-OH is 1. The number of pyridine rings is 1. The van der Waals surface area contributed by atoms with E-state index in [-0.39, 0.29) is 0 Å². The van der Waals surface area contributed by atoms with Crippen LogP contribution in [-0.2, 0) is 0 Å². The average Bonchev–Trinajstić information content (AvgIpc) is 2.80. The first kappa shape index (κ1) is 23.7. The van der Waals surface area contributed by atoms with E-state index in [4.69, 9.17) is 16.6 Å². The third-order valence-electron chi connectivity index (χ3n) is 5.91. The van der Waals surface area contributed by atoms with Crippen molar-refractivity contribution < 1.29 is 5.11 Å². The number of hydrogen-bond donors (Lipinski definition) is 2. The van der Waals surface area contributed by atoms with Crippen LogP contribution in [0.5, 0.6) is 0 Å². The van der Waals surface area contributed by atoms with Gasteiger partial charge in [0.2, 0.25) is 0 Å². The highest BCUT2D eigenvalue weighted by Gasteiger charge is 2.16. The first-order chi connectivity index (χ1) is 15.0. The van der Waals surface area contributed by atoms with E-state index in [1.165, 1.54) is 0 Å². The molecule has 0 saturated heterocycles. The Morgan fingerprint density at radius 3 is 2.48 bits per heavy atom. The van der Waals surface area contributed by atoms with Gasteiger partial charge in [0.15, 0.2) is 0 Å². The Labute approximate surface area is 191 Å². The Morgan fingerprint density at radius 2 is 1.77 bits per heavy atom. The van der Waals surface area contributed by atoms with Crippen LogP contribution in [0.4, 0.5) is 0 Å². The van der Waals surface area contributed by atoms with E-state index >= 15 is 0 Å². The van der Waals surface area contributed by atoms with Gasteiger partial charge in [0, 0.05) is 28.6 Å². The highest BCUT2D eigenvalue weighted by Crippen LogP contribution is 2.29. The van der Waals surface area contributed by atoms with Crippen molar-refractivity contribution in [1.29, 1.82) is 0 Å². The first-order valence-electron chi connectivity index (χ1n) is 11.3. The zero-order chi connectivity index (χ0) is 22.2. The Balaban J connectivity index is 1.71. The lowest BCUT2D eigenvalue weighted by Gasteiger charge is -2.21. The zero-order valence-electron chi connectivity index (χ0n) is 18.8. The summed E-state index contributed by atoms with van der Waals surface area (Å²) in [5, 5.41) is 16.3. The van der Waals surface area contributed by atoms with E-state index in [0.29, 0.717) is 17.6 Å². The van der Waals surface area contributed by atoms with Crippen LogP contribution < -0.4 is 5.32 Å². The summed E-state index contributed by atoms with van der Waals surface area (Å²) in [5.41, 5.74) is 3.62. The number of rotatable bonds is 11. The summed E-state index contributed by atoms with van der Waals surface area (Å²) in [5.74, 6) is 0. The minimum absolute atomic E-state index is 0.356. The molecule has 2 aromatic carbocycles. The van der Waals surface area contributed by atoms with E-state index in [0.717, 1.165) is 60.2 Å². The highest BCUT2D eigenvalue weighted by molar-refractivity contribution is 6.30. The topological polar surface area (TPSA) is 48.4 Å². The van der Waals surface area contributed by atoms with Gasteiger partial charge in [-0.2, -0.15) is 0 Å². The lowest BCUT2D eigenvalue weighted by atomic mass is 10.00. The number of aliphatic hydroxyl groups is 1. The van der Waals surface area contributed by atoms with Gasteiger partial charge in [-0.3, -0.25) is 0 Å². The third-order valence-corrected chi connectivity index (χ3v) is 6.16. The molecular formula is C26H34ClN3O. The van der Waals surface area contributed by atoms with Gasteiger partial charge in [0.05, 0.1) is 17.3 Å². The summed E-state index contributed by atoms with van der Waals surface area (Å²) in [6, 6.07) is 18.0. The van der Waals surface area contributed by atoms with Crippen molar-refractivity contribution >= 4 is 22.5 Å². The molecule has 166 valence electrons. The summed E-state index contributed by atoms with van der Waals surface area (Å²) in [7, 11) is 0. The number of hydrogen-bond acceptors (Lipinski definition) is 4. The molecule has 0 saturated carbocycles. The normalized spacial score (nSPS) is 13.6. The summed E-state index contributed by atoms with van der Waals surface area (Å²) < 4.78 is 0. The van der Waals surface area contributed by atoms with Crippen LogP contribution in [0, 0.1) is 0 Å². The molecule has 0 spiro atoms. The number of nitrogens with one attached hydrogen (secondary N) is 1. The summed E-state index contributed by atoms with van der Waals surface area (Å²) >= 11 is 6.05. The SMILES string of the molecule is CCN(CC)CCC[C@@H](C)NC[C@@H](O)c1cc(-c2ccc(Cl)cc2)nc2ccccc12. The second kappa shape index (κ2) is 11.6. The maximum absolute atomic E-state index is 11.1. The zero-order valence-corrected chi connectivity index (χ0v) is 19.6. The van der Waals surface area contributed by atoms with Gasteiger partial charge in [-0.25, -0.2) is 4.98 Å². The van der Waals surface area contributed by atoms with Crippen LogP contribution in [0.2, 0.25) is 5.02 Å². The predicted octanol–water partition coefficient (Wildman–Crippen LogP) is 5.69. The van der Waals surface area contributed by atoms with Crippen molar-refractivity contribution in [3.05, 3.63) is 65.2 Å². The van der Waals surface area contributed by atoms with Gasteiger partial charge in [-0.15, -0.1) is 0 Å². The molecule has 0 fully saturated rings. The molecule has 0 amide bonds. The number of para-hydroxylation sites is 1. The van der Waals surface area contributed by atoms with Crippen molar-refractivity contribution in [3.63, 3.8) is 0 Å². The van der Waals surface area contributed by atoms with Gasteiger partial charge in [-0.1, -0.05) is 55.8 Å². The van der Waals surface area contributed by atoms with Crippen molar-refractivity contribution in [2.75, 3.05) is 26.2 Å². The molecule has 0 unspecified atom stereocenters. The van der Waals surface area contributed by atoms with Crippen molar-refractivity contribution in [3.8, 4) is 11.3 Å². The summed E-state index contributed by atoms with van der Waals surface area (Å²) in [4.78, 5) is 7.25. The standard InChI is InChI=1S/C26H34ClN3O/c1-4-30(5-2)16-8-9-19(3)28-18-26(31)23-17-25(20-12-14-21(27)15-13-20)29-24-11-7-6-10-22(23)24/h6-7,10-15,17,19,26,28,31H,4-5,8-9,16,18H2,1-3H3/t19-,26-/m1/s1. The van der Waals surface area contributed by atoms with Gasteiger partial charge in [0.1, 0.15) is 0 Å². The van der Waals surface area contributed by atoms with E-state index in [1.54, 1.807) is 0 Å². The van der Waals surface area contributed by atoms with E-state index < -0.39 is 6.10 Å². The number of nitrogens with zero attached hydrogens (tertiary/aromatic N) is 2. The molecule has 0 aliphatic carbocycles. The molecule has 4 nitrogen and oxygen atoms in total. The van der Waals surface area contributed by atoms with Gasteiger partial charge >= 0.3 is 0 Å². The molecule has 31 heavy (non-hydrogen) atoms. The smallest absolute Gasteiger partial charge is 0.0921 e. The molecule has 0 aliphatic rings. The second-order valence-corrected chi connectivity index (χ2v) is 8.55.